The summed E-state index contributed by atoms with van der Waals surface area (Å²) < 4.78 is 24.1. The minimum atomic E-state index is -3.59. The minimum Gasteiger partial charge on any atom is -0.368 e. The van der Waals surface area contributed by atoms with Crippen molar-refractivity contribution >= 4 is 26.8 Å². The van der Waals surface area contributed by atoms with Crippen LogP contribution < -0.4 is 10.0 Å². The zero-order valence-electron chi connectivity index (χ0n) is 13.8. The number of aromatic nitrogens is 2. The molecule has 1 saturated carbocycles. The summed E-state index contributed by atoms with van der Waals surface area (Å²) in [7, 11) is -2.03. The maximum Gasteiger partial charge on any atom is 0.276 e. The van der Waals surface area contributed by atoms with Gasteiger partial charge in [-0.15, -0.1) is 0 Å². The van der Waals surface area contributed by atoms with Gasteiger partial charge >= 0.3 is 0 Å². The third-order valence-corrected chi connectivity index (χ3v) is 6.52. The van der Waals surface area contributed by atoms with Crippen LogP contribution in [0.25, 0.3) is 10.9 Å². The summed E-state index contributed by atoms with van der Waals surface area (Å²) in [6, 6.07) is 6.25. The molecule has 24 heavy (non-hydrogen) atoms. The lowest BCUT2D eigenvalue weighted by molar-refractivity contribution is 0.0212. The van der Waals surface area contributed by atoms with E-state index in [0.717, 1.165) is 42.5 Å². The van der Waals surface area contributed by atoms with Crippen LogP contribution in [0.2, 0.25) is 0 Å². The average molecular weight is 347 g/mol. The molecule has 0 atom stereocenters. The van der Waals surface area contributed by atoms with E-state index in [1.54, 1.807) is 7.05 Å². The van der Waals surface area contributed by atoms with E-state index in [0.29, 0.717) is 0 Å². The van der Waals surface area contributed by atoms with Crippen LogP contribution in [-0.2, 0) is 10.2 Å². The summed E-state index contributed by atoms with van der Waals surface area (Å²) in [4.78, 5) is 2.31. The number of nitrogens with zero attached hydrogens (tertiary/aromatic N) is 4. The molecular weight excluding hydrogens is 326 g/mol. The van der Waals surface area contributed by atoms with Gasteiger partial charge in [-0.05, 0) is 31.4 Å². The third-order valence-electron chi connectivity index (χ3n) is 5.42. The molecule has 2 heterocycles. The van der Waals surface area contributed by atoms with E-state index < -0.39 is 10.2 Å². The van der Waals surface area contributed by atoms with Crippen LogP contribution in [-0.4, -0.2) is 49.1 Å². The summed E-state index contributed by atoms with van der Waals surface area (Å²) in [5, 5.41) is 14.7. The topological polar surface area (TPSA) is 92.4 Å². The van der Waals surface area contributed by atoms with Gasteiger partial charge in [-0.1, -0.05) is 12.1 Å². The van der Waals surface area contributed by atoms with Gasteiger partial charge in [0.1, 0.15) is 0 Å². The van der Waals surface area contributed by atoms with E-state index in [4.69, 9.17) is 5.14 Å². The number of aryl methyl sites for hydroxylation is 1. The number of benzene rings is 1. The molecule has 128 valence electrons. The Balaban J connectivity index is 1.48. The molecule has 0 amide bonds. The van der Waals surface area contributed by atoms with Crippen molar-refractivity contribution in [1.82, 2.24) is 14.5 Å². The molecule has 2 fully saturated rings. The first kappa shape index (κ1) is 15.7. The van der Waals surface area contributed by atoms with Crippen molar-refractivity contribution in [3.8, 4) is 0 Å². The Kier molecular flexibility index (Phi) is 3.35. The fourth-order valence-electron chi connectivity index (χ4n) is 4.01. The van der Waals surface area contributed by atoms with Crippen LogP contribution in [0.1, 0.15) is 18.4 Å². The van der Waals surface area contributed by atoms with Gasteiger partial charge in [0.05, 0.1) is 17.4 Å². The molecule has 1 spiro atoms. The Bertz CT molecular complexity index is 900. The summed E-state index contributed by atoms with van der Waals surface area (Å²) in [5.74, 6) is 0. The minimum absolute atomic E-state index is 0.0251. The molecule has 4 rings (SSSR count). The highest BCUT2D eigenvalue weighted by molar-refractivity contribution is 7.86. The molecule has 0 radical (unpaired) electrons. The summed E-state index contributed by atoms with van der Waals surface area (Å²) in [6.07, 6.45) is 3.55. The molecule has 7 nitrogen and oxygen atoms in total. The Morgan fingerprint density at radius 3 is 2.71 bits per heavy atom. The van der Waals surface area contributed by atoms with Crippen molar-refractivity contribution in [2.24, 2.45) is 10.6 Å². The molecule has 1 aliphatic heterocycles. The first-order valence-corrected chi connectivity index (χ1v) is 9.51. The predicted molar refractivity (Wildman–Crippen MR) is 92.8 cm³/mol. The standard InChI is InChI=1S/C16H21N5O2S/c1-11-3-4-13-14(5-11)19-18-8-15(13)21-9-16(10-21)6-12(7-16)20(2)24(17,22)23/h3-5,8,12H,6-7,9-10H2,1-2H3,(H2,17,22,23). The van der Waals surface area contributed by atoms with Gasteiger partial charge in [0, 0.05) is 37.0 Å². The van der Waals surface area contributed by atoms with Crippen LogP contribution in [0.15, 0.2) is 24.4 Å². The SMILES string of the molecule is Cc1ccc2c(N3CC4(CC(N(C)S(N)(=O)=O)C4)C3)cnnc2c1. The molecule has 1 aromatic heterocycles. The molecule has 2 N–H and O–H groups in total. The van der Waals surface area contributed by atoms with Crippen LogP contribution in [0.3, 0.4) is 0 Å². The lowest BCUT2D eigenvalue weighted by atomic mass is 9.60. The maximum atomic E-state index is 11.4. The van der Waals surface area contributed by atoms with E-state index in [1.165, 1.54) is 9.87 Å². The Hall–Kier alpha value is -1.77. The van der Waals surface area contributed by atoms with Crippen molar-refractivity contribution in [1.29, 1.82) is 0 Å². The smallest absolute Gasteiger partial charge is 0.276 e. The van der Waals surface area contributed by atoms with Gasteiger partial charge < -0.3 is 4.90 Å². The number of nitrogens with two attached hydrogens (primary N) is 1. The molecule has 0 unspecified atom stereocenters. The Morgan fingerprint density at radius 2 is 2.04 bits per heavy atom. The molecule has 1 aromatic carbocycles. The van der Waals surface area contributed by atoms with E-state index in [1.807, 2.05) is 19.2 Å². The van der Waals surface area contributed by atoms with Gasteiger partial charge in [0.2, 0.25) is 0 Å². The zero-order chi connectivity index (χ0) is 17.1. The molecule has 1 aliphatic carbocycles. The van der Waals surface area contributed by atoms with Crippen LogP contribution in [0, 0.1) is 12.3 Å². The highest BCUT2D eigenvalue weighted by atomic mass is 32.2. The Labute approximate surface area is 141 Å². The molecule has 2 aromatic rings. The van der Waals surface area contributed by atoms with E-state index in [-0.39, 0.29) is 11.5 Å². The number of hydrogen-bond donors (Lipinski definition) is 1. The molecule has 1 saturated heterocycles. The number of anilines is 1. The highest BCUT2D eigenvalue weighted by Gasteiger charge is 2.54. The summed E-state index contributed by atoms with van der Waals surface area (Å²) in [5.41, 5.74) is 3.40. The number of rotatable bonds is 3. The van der Waals surface area contributed by atoms with Crippen molar-refractivity contribution in [3.05, 3.63) is 30.0 Å². The third kappa shape index (κ3) is 2.45. The van der Waals surface area contributed by atoms with E-state index in [9.17, 15) is 8.42 Å². The van der Waals surface area contributed by atoms with E-state index >= 15 is 0 Å². The van der Waals surface area contributed by atoms with Crippen molar-refractivity contribution < 1.29 is 8.42 Å². The zero-order valence-corrected chi connectivity index (χ0v) is 14.6. The first-order valence-electron chi connectivity index (χ1n) is 8.00. The van der Waals surface area contributed by atoms with Gasteiger partial charge in [-0.25, -0.2) is 5.14 Å². The second-order valence-electron chi connectivity index (χ2n) is 7.23. The number of fused-ring (bicyclic) bond motifs is 1. The van der Waals surface area contributed by atoms with Crippen molar-refractivity contribution in [2.45, 2.75) is 25.8 Å². The van der Waals surface area contributed by atoms with Crippen LogP contribution in [0.5, 0.6) is 0 Å². The first-order chi connectivity index (χ1) is 11.3. The normalized spacial score (nSPS) is 20.4. The summed E-state index contributed by atoms with van der Waals surface area (Å²) >= 11 is 0. The summed E-state index contributed by atoms with van der Waals surface area (Å²) in [6.45, 7) is 3.90. The molecular formula is C16H21N5O2S. The van der Waals surface area contributed by atoms with Crippen molar-refractivity contribution in [2.75, 3.05) is 25.0 Å². The largest absolute Gasteiger partial charge is 0.368 e. The lowest BCUT2D eigenvalue weighted by Gasteiger charge is -2.60. The van der Waals surface area contributed by atoms with Gasteiger partial charge in [-0.2, -0.15) is 22.9 Å². The maximum absolute atomic E-state index is 11.4. The Morgan fingerprint density at radius 1 is 1.33 bits per heavy atom. The van der Waals surface area contributed by atoms with Gasteiger partial charge in [0.25, 0.3) is 10.2 Å². The average Bonchev–Trinajstić information content (AvgIpc) is 2.42. The fraction of sp³-hybridized carbons (Fsp3) is 0.500. The molecule has 0 bridgehead atoms. The quantitative estimate of drug-likeness (QED) is 0.896. The molecule has 8 heteroatoms. The molecule has 2 aliphatic rings. The fourth-order valence-corrected chi connectivity index (χ4v) is 4.57. The lowest BCUT2D eigenvalue weighted by Crippen LogP contribution is -2.67. The predicted octanol–water partition coefficient (Wildman–Crippen LogP) is 1.04. The van der Waals surface area contributed by atoms with Crippen LogP contribution in [0.4, 0.5) is 5.69 Å². The van der Waals surface area contributed by atoms with Gasteiger partial charge in [-0.3, -0.25) is 0 Å². The number of hydrogen-bond acceptors (Lipinski definition) is 5. The second-order valence-corrected chi connectivity index (χ2v) is 8.84. The highest BCUT2D eigenvalue weighted by Crippen LogP contribution is 2.51. The van der Waals surface area contributed by atoms with Crippen molar-refractivity contribution in [3.63, 3.8) is 0 Å². The van der Waals surface area contributed by atoms with Gasteiger partial charge in [0.15, 0.2) is 0 Å². The van der Waals surface area contributed by atoms with E-state index in [2.05, 4.69) is 27.2 Å². The van der Waals surface area contributed by atoms with Crippen LogP contribution >= 0.6 is 0 Å². The monoisotopic (exact) mass is 347 g/mol. The second kappa shape index (κ2) is 5.11.